The number of nitrogens with one attached hydrogen (secondary N) is 2. The molecule has 0 aliphatic heterocycles. The van der Waals surface area contributed by atoms with Crippen LogP contribution in [0.3, 0.4) is 0 Å². The third kappa shape index (κ3) is 8.60. The molecule has 2 amide bonds. The van der Waals surface area contributed by atoms with Crippen LogP contribution >= 0.6 is 0 Å². The number of nitrogens with zero attached hydrogens (tertiary/aromatic N) is 4. The second-order valence-electron chi connectivity index (χ2n) is 9.06. The van der Waals surface area contributed by atoms with Gasteiger partial charge in [-0.25, -0.2) is 9.59 Å². The summed E-state index contributed by atoms with van der Waals surface area (Å²) in [6.45, 7) is 0.952. The molecule has 0 aliphatic rings. The molecule has 0 atom stereocenters. The SMILES string of the molecule is O=C(Cc1ccccc1)Nc1ccn(CCCCCn2ccc(NC(=O)Cc3ccccc3)nc2=O)c(=O)n1. The molecule has 2 heterocycles. The van der Waals surface area contributed by atoms with Crippen LogP contribution in [-0.4, -0.2) is 30.9 Å². The van der Waals surface area contributed by atoms with Crippen molar-refractivity contribution in [3.8, 4) is 0 Å². The number of benzene rings is 2. The van der Waals surface area contributed by atoms with Crippen molar-refractivity contribution < 1.29 is 9.59 Å². The number of aromatic nitrogens is 4. The molecule has 0 saturated carbocycles. The van der Waals surface area contributed by atoms with Gasteiger partial charge in [-0.1, -0.05) is 60.7 Å². The Morgan fingerprint density at radius 2 is 1.00 bits per heavy atom. The van der Waals surface area contributed by atoms with Crippen LogP contribution in [0.2, 0.25) is 0 Å². The molecule has 2 aromatic heterocycles. The van der Waals surface area contributed by atoms with E-state index < -0.39 is 11.4 Å². The number of amides is 2. The van der Waals surface area contributed by atoms with Crippen molar-refractivity contribution in [3.63, 3.8) is 0 Å². The lowest BCUT2D eigenvalue weighted by molar-refractivity contribution is -0.116. The lowest BCUT2D eigenvalue weighted by Gasteiger charge is -2.09. The van der Waals surface area contributed by atoms with Gasteiger partial charge in [0.15, 0.2) is 0 Å². The summed E-state index contributed by atoms with van der Waals surface area (Å²) in [5.41, 5.74) is 0.890. The molecule has 0 unspecified atom stereocenters. The van der Waals surface area contributed by atoms with E-state index >= 15 is 0 Å². The average Bonchev–Trinajstić information content (AvgIpc) is 2.91. The lowest BCUT2D eigenvalue weighted by Crippen LogP contribution is -2.26. The second kappa shape index (κ2) is 13.6. The molecule has 0 bridgehead atoms. The Morgan fingerprint density at radius 1 is 0.590 bits per heavy atom. The molecular formula is C29H30N6O4. The van der Waals surface area contributed by atoms with Gasteiger partial charge in [-0.05, 0) is 42.5 Å². The van der Waals surface area contributed by atoms with E-state index in [-0.39, 0.29) is 36.3 Å². The first-order chi connectivity index (χ1) is 19.0. The molecule has 0 radical (unpaired) electrons. The van der Waals surface area contributed by atoms with Crippen LogP contribution in [-0.2, 0) is 35.5 Å². The van der Waals surface area contributed by atoms with Gasteiger partial charge >= 0.3 is 11.4 Å². The van der Waals surface area contributed by atoms with Crippen LogP contribution in [0.1, 0.15) is 30.4 Å². The zero-order valence-electron chi connectivity index (χ0n) is 21.5. The smallest absolute Gasteiger partial charge is 0.310 e. The van der Waals surface area contributed by atoms with Gasteiger partial charge in [-0.3, -0.25) is 18.7 Å². The molecule has 0 fully saturated rings. The Balaban J connectivity index is 1.18. The number of rotatable bonds is 12. The fourth-order valence-corrected chi connectivity index (χ4v) is 4.01. The molecule has 0 aliphatic carbocycles. The molecule has 4 rings (SSSR count). The third-order valence-corrected chi connectivity index (χ3v) is 6.00. The normalized spacial score (nSPS) is 10.7. The molecule has 200 valence electrons. The topological polar surface area (TPSA) is 128 Å². The average molecular weight is 527 g/mol. The van der Waals surface area contributed by atoms with E-state index in [2.05, 4.69) is 20.6 Å². The number of unbranched alkanes of at least 4 members (excludes halogenated alkanes) is 2. The molecule has 39 heavy (non-hydrogen) atoms. The van der Waals surface area contributed by atoms with E-state index in [0.29, 0.717) is 13.1 Å². The van der Waals surface area contributed by atoms with Crippen LogP contribution in [0, 0.1) is 0 Å². The van der Waals surface area contributed by atoms with Crippen LogP contribution in [0.25, 0.3) is 0 Å². The van der Waals surface area contributed by atoms with Gasteiger partial charge in [0.25, 0.3) is 0 Å². The Morgan fingerprint density at radius 3 is 1.38 bits per heavy atom. The Hall–Kier alpha value is -4.86. The largest absolute Gasteiger partial charge is 0.349 e. The first kappa shape index (κ1) is 27.2. The molecular weight excluding hydrogens is 496 g/mol. The molecule has 2 aromatic carbocycles. The number of aryl methyl sites for hydroxylation is 2. The summed E-state index contributed by atoms with van der Waals surface area (Å²) in [5, 5.41) is 5.32. The second-order valence-corrected chi connectivity index (χ2v) is 9.06. The van der Waals surface area contributed by atoms with E-state index in [1.807, 2.05) is 60.7 Å². The highest BCUT2D eigenvalue weighted by Crippen LogP contribution is 2.06. The maximum absolute atomic E-state index is 12.3. The third-order valence-electron chi connectivity index (χ3n) is 6.00. The van der Waals surface area contributed by atoms with Gasteiger partial charge in [-0.15, -0.1) is 0 Å². The predicted molar refractivity (Wildman–Crippen MR) is 148 cm³/mol. The van der Waals surface area contributed by atoms with Gasteiger partial charge in [0.05, 0.1) is 12.8 Å². The zero-order chi connectivity index (χ0) is 27.5. The van der Waals surface area contributed by atoms with Gasteiger partial charge in [0.2, 0.25) is 11.8 Å². The minimum Gasteiger partial charge on any atom is -0.310 e. The molecule has 10 heteroatoms. The van der Waals surface area contributed by atoms with Crippen molar-refractivity contribution in [2.24, 2.45) is 0 Å². The Kier molecular flexibility index (Phi) is 9.49. The number of carbonyl (C=O) groups excluding carboxylic acids is 2. The Bertz CT molecular complexity index is 1400. The molecule has 0 spiro atoms. The fourth-order valence-electron chi connectivity index (χ4n) is 4.01. The number of anilines is 2. The highest BCUT2D eigenvalue weighted by Gasteiger charge is 2.08. The van der Waals surface area contributed by atoms with Crippen LogP contribution in [0.5, 0.6) is 0 Å². The van der Waals surface area contributed by atoms with Crippen molar-refractivity contribution in [3.05, 3.63) is 117 Å². The first-order valence-electron chi connectivity index (χ1n) is 12.8. The van der Waals surface area contributed by atoms with Crippen molar-refractivity contribution in [1.29, 1.82) is 0 Å². The quantitative estimate of drug-likeness (QED) is 0.273. The van der Waals surface area contributed by atoms with Crippen molar-refractivity contribution in [2.75, 3.05) is 10.6 Å². The number of hydrogen-bond acceptors (Lipinski definition) is 6. The van der Waals surface area contributed by atoms with Crippen molar-refractivity contribution >= 4 is 23.5 Å². The summed E-state index contributed by atoms with van der Waals surface area (Å²) in [6.07, 6.45) is 5.86. The van der Waals surface area contributed by atoms with E-state index in [9.17, 15) is 19.2 Å². The first-order valence-corrected chi connectivity index (χ1v) is 12.8. The standard InChI is InChI=1S/C29H30N6O4/c36-26(20-22-10-4-1-5-11-22)30-24-14-18-34(28(38)32-24)16-8-3-9-17-35-19-15-25(33-29(35)39)31-27(37)21-23-12-6-2-7-13-23/h1-2,4-7,10-15,18-19H,3,8-9,16-17,20-21H2,(H,30,32,36,38)(H,31,33,37,39). The molecule has 10 nitrogen and oxygen atoms in total. The van der Waals surface area contributed by atoms with E-state index in [4.69, 9.17) is 0 Å². The molecule has 2 N–H and O–H groups in total. The highest BCUT2D eigenvalue weighted by atomic mass is 16.2. The summed E-state index contributed by atoms with van der Waals surface area (Å²) in [4.78, 5) is 57.0. The van der Waals surface area contributed by atoms with Crippen LogP contribution in [0.4, 0.5) is 11.6 Å². The molecule has 0 saturated heterocycles. The van der Waals surface area contributed by atoms with E-state index in [0.717, 1.165) is 30.4 Å². The highest BCUT2D eigenvalue weighted by molar-refractivity contribution is 5.91. The summed E-state index contributed by atoms with van der Waals surface area (Å²) in [6, 6.07) is 21.9. The van der Waals surface area contributed by atoms with Gasteiger partial charge in [0, 0.05) is 25.5 Å². The fraction of sp³-hybridized carbons (Fsp3) is 0.241. The van der Waals surface area contributed by atoms with Gasteiger partial charge < -0.3 is 10.6 Å². The minimum atomic E-state index is -0.433. The maximum Gasteiger partial charge on any atom is 0.349 e. The summed E-state index contributed by atoms with van der Waals surface area (Å²) < 4.78 is 2.99. The van der Waals surface area contributed by atoms with E-state index in [1.165, 1.54) is 9.13 Å². The summed E-state index contributed by atoms with van der Waals surface area (Å²) in [5.74, 6) is -0.0242. The van der Waals surface area contributed by atoms with Crippen LogP contribution < -0.4 is 22.0 Å². The van der Waals surface area contributed by atoms with Crippen molar-refractivity contribution in [2.45, 2.75) is 45.2 Å². The summed E-state index contributed by atoms with van der Waals surface area (Å²) in [7, 11) is 0. The summed E-state index contributed by atoms with van der Waals surface area (Å²) >= 11 is 0. The predicted octanol–water partition coefficient (Wildman–Crippen LogP) is 3.03. The molecule has 4 aromatic rings. The zero-order valence-corrected chi connectivity index (χ0v) is 21.5. The Labute approximate surface area is 225 Å². The minimum absolute atomic E-state index is 0.204. The van der Waals surface area contributed by atoms with E-state index in [1.54, 1.807) is 24.5 Å². The number of carbonyl (C=O) groups is 2. The lowest BCUT2D eigenvalue weighted by atomic mass is 10.1. The monoisotopic (exact) mass is 526 g/mol. The van der Waals surface area contributed by atoms with Crippen LogP contribution in [0.15, 0.2) is 94.8 Å². The van der Waals surface area contributed by atoms with Crippen molar-refractivity contribution in [1.82, 2.24) is 19.1 Å². The number of hydrogen-bond donors (Lipinski definition) is 2. The van der Waals surface area contributed by atoms with Gasteiger partial charge in [0.1, 0.15) is 11.6 Å². The maximum atomic E-state index is 12.3. The van der Waals surface area contributed by atoms with Gasteiger partial charge in [-0.2, -0.15) is 9.97 Å².